The monoisotopic (exact) mass is 564 g/mol. The SMILES string of the molecule is CCCCCCCCCCCCC(O)COc1ccc([PH2+]c2ccccc2)cc1.O=S(=O)([O-])C(F)(F)F. The molecular weight excluding hydrogens is 524 g/mol. The van der Waals surface area contributed by atoms with Gasteiger partial charge in [-0.1, -0.05) is 89.3 Å². The van der Waals surface area contributed by atoms with Gasteiger partial charge in [-0.3, -0.25) is 0 Å². The zero-order valence-corrected chi connectivity index (χ0v) is 23.4. The van der Waals surface area contributed by atoms with Crippen molar-refractivity contribution in [3.8, 4) is 5.75 Å². The second-order valence-electron chi connectivity index (χ2n) is 8.96. The van der Waals surface area contributed by atoms with Crippen LogP contribution in [0.25, 0.3) is 0 Å². The molecule has 0 aliphatic heterocycles. The number of hydrogen-bond donors (Lipinski definition) is 1. The van der Waals surface area contributed by atoms with E-state index in [1.54, 1.807) is 0 Å². The van der Waals surface area contributed by atoms with E-state index >= 15 is 0 Å². The number of unbranched alkanes of at least 4 members (excludes halogenated alkanes) is 9. The Labute approximate surface area is 221 Å². The summed E-state index contributed by atoms with van der Waals surface area (Å²) in [7, 11) is -5.96. The van der Waals surface area contributed by atoms with Crippen molar-refractivity contribution in [3.63, 3.8) is 0 Å². The molecule has 0 aliphatic carbocycles. The van der Waals surface area contributed by atoms with E-state index in [9.17, 15) is 18.3 Å². The predicted octanol–water partition coefficient (Wildman–Crippen LogP) is 6.15. The normalized spacial score (nSPS) is 12.8. The first kappa shape index (κ1) is 33.4. The standard InChI is InChI=1S/C26H39O2P.CHF3O3S/c1-2-3-4-5-6-7-8-9-10-12-15-23(27)22-28-24-18-20-26(21-19-24)29-25-16-13-11-14-17-25;2-1(3,4)8(5,6)7/h11,13-14,16-21,23,27,29H,2-10,12,15,22H2,1H3;(H,5,6,7). The molecule has 0 radical (unpaired) electrons. The summed E-state index contributed by atoms with van der Waals surface area (Å²) in [6.07, 6.45) is 13.7. The van der Waals surface area contributed by atoms with Gasteiger partial charge in [0.2, 0.25) is 0 Å². The smallest absolute Gasteiger partial charge is 0.485 e. The number of alkyl halides is 3. The summed E-state index contributed by atoms with van der Waals surface area (Å²) >= 11 is 0. The molecule has 2 aromatic carbocycles. The van der Waals surface area contributed by atoms with E-state index in [1.807, 2.05) is 12.1 Å². The van der Waals surface area contributed by atoms with Gasteiger partial charge in [-0.25, -0.2) is 8.42 Å². The molecule has 0 bridgehead atoms. The summed E-state index contributed by atoms with van der Waals surface area (Å²) in [6, 6.07) is 19.0. The number of aliphatic hydroxyl groups is 1. The molecule has 2 aromatic rings. The highest BCUT2D eigenvalue weighted by Gasteiger charge is 2.36. The van der Waals surface area contributed by atoms with Gasteiger partial charge in [-0.15, -0.1) is 0 Å². The Bertz CT molecular complexity index is 939. The van der Waals surface area contributed by atoms with Gasteiger partial charge in [0.1, 0.15) is 12.4 Å². The second kappa shape index (κ2) is 18.6. The van der Waals surface area contributed by atoms with Crippen molar-refractivity contribution in [2.24, 2.45) is 0 Å². The van der Waals surface area contributed by atoms with Crippen LogP contribution in [0.15, 0.2) is 54.6 Å². The van der Waals surface area contributed by atoms with E-state index in [-0.39, 0.29) is 14.7 Å². The van der Waals surface area contributed by atoms with E-state index in [1.165, 1.54) is 68.4 Å². The maximum absolute atomic E-state index is 10.7. The molecule has 0 amide bonds. The maximum atomic E-state index is 10.7. The molecule has 2 atom stereocenters. The average Bonchev–Trinajstić information content (AvgIpc) is 2.84. The van der Waals surface area contributed by atoms with Crippen molar-refractivity contribution in [2.75, 3.05) is 6.61 Å². The predicted molar refractivity (Wildman–Crippen MR) is 146 cm³/mol. The molecule has 5 nitrogen and oxygen atoms in total. The lowest BCUT2D eigenvalue weighted by Gasteiger charge is -2.12. The molecule has 0 fully saturated rings. The lowest BCUT2D eigenvalue weighted by Crippen LogP contribution is -2.21. The van der Waals surface area contributed by atoms with Crippen LogP contribution in [0, 0.1) is 0 Å². The van der Waals surface area contributed by atoms with Gasteiger partial charge in [0.25, 0.3) is 0 Å². The van der Waals surface area contributed by atoms with Crippen LogP contribution in [-0.4, -0.2) is 36.3 Å². The largest absolute Gasteiger partial charge is 0.741 e. The summed E-state index contributed by atoms with van der Waals surface area (Å²) < 4.78 is 64.7. The Hall–Kier alpha value is -1.67. The van der Waals surface area contributed by atoms with Crippen LogP contribution in [-0.2, 0) is 10.1 Å². The quantitative estimate of drug-likeness (QED) is 0.114. The van der Waals surface area contributed by atoms with Crippen molar-refractivity contribution in [1.82, 2.24) is 0 Å². The third-order valence-corrected chi connectivity index (χ3v) is 7.63. The third-order valence-electron chi connectivity index (χ3n) is 5.63. The molecule has 0 spiro atoms. The van der Waals surface area contributed by atoms with Crippen molar-refractivity contribution in [1.29, 1.82) is 0 Å². The van der Waals surface area contributed by atoms with Crippen LogP contribution in [0.2, 0.25) is 0 Å². The first-order valence-electron chi connectivity index (χ1n) is 12.9. The zero-order chi connectivity index (χ0) is 27.6. The van der Waals surface area contributed by atoms with Gasteiger partial charge < -0.3 is 14.4 Å². The minimum absolute atomic E-state index is 0.127. The van der Waals surface area contributed by atoms with Crippen LogP contribution in [0.1, 0.15) is 77.6 Å². The van der Waals surface area contributed by atoms with Crippen LogP contribution in [0.3, 0.4) is 0 Å². The Balaban J connectivity index is 0.000000738. The molecule has 210 valence electrons. The minimum Gasteiger partial charge on any atom is -0.741 e. The highest BCUT2D eigenvalue weighted by molar-refractivity contribution is 7.86. The first-order valence-corrected chi connectivity index (χ1v) is 15.4. The Morgan fingerprint density at radius 2 is 1.30 bits per heavy atom. The van der Waals surface area contributed by atoms with Crippen molar-refractivity contribution in [2.45, 2.75) is 89.2 Å². The second-order valence-corrected chi connectivity index (χ2v) is 12.0. The lowest BCUT2D eigenvalue weighted by atomic mass is 10.0. The molecule has 37 heavy (non-hydrogen) atoms. The molecular formula is C27H40F3O5PS. The lowest BCUT2D eigenvalue weighted by molar-refractivity contribution is -0.0517. The van der Waals surface area contributed by atoms with Crippen molar-refractivity contribution in [3.05, 3.63) is 54.6 Å². The zero-order valence-electron chi connectivity index (χ0n) is 21.5. The summed E-state index contributed by atoms with van der Waals surface area (Å²) in [4.78, 5) is 0. The van der Waals surface area contributed by atoms with Gasteiger partial charge in [0.15, 0.2) is 10.1 Å². The van der Waals surface area contributed by atoms with Crippen molar-refractivity contribution < 1.29 is 36.0 Å². The van der Waals surface area contributed by atoms with E-state index in [2.05, 4.69) is 49.4 Å². The molecule has 2 rings (SSSR count). The first-order chi connectivity index (χ1) is 17.5. The van der Waals surface area contributed by atoms with E-state index in [0.29, 0.717) is 6.61 Å². The molecule has 0 saturated carbocycles. The van der Waals surface area contributed by atoms with E-state index in [0.717, 1.165) is 18.6 Å². The fraction of sp³-hybridized carbons (Fsp3) is 0.556. The summed E-state index contributed by atoms with van der Waals surface area (Å²) in [5.41, 5.74) is -5.65. The molecule has 0 saturated heterocycles. The van der Waals surface area contributed by atoms with Gasteiger partial charge in [-0.05, 0) is 42.8 Å². The number of benzene rings is 2. The highest BCUT2D eigenvalue weighted by atomic mass is 32.2. The minimum atomic E-state index is -6.09. The Morgan fingerprint density at radius 3 is 1.78 bits per heavy atom. The number of aliphatic hydroxyl groups excluding tert-OH is 1. The third kappa shape index (κ3) is 16.7. The summed E-state index contributed by atoms with van der Waals surface area (Å²) in [5, 5.41) is 12.9. The van der Waals surface area contributed by atoms with Crippen LogP contribution >= 0.6 is 8.58 Å². The van der Waals surface area contributed by atoms with Gasteiger partial charge in [-0.2, -0.15) is 13.2 Å². The van der Waals surface area contributed by atoms with Crippen molar-refractivity contribution >= 4 is 29.3 Å². The molecule has 1 N–H and O–H groups in total. The number of hydrogen-bond acceptors (Lipinski definition) is 5. The van der Waals surface area contributed by atoms with Gasteiger partial charge >= 0.3 is 5.51 Å². The van der Waals surface area contributed by atoms with Crippen LogP contribution in [0.4, 0.5) is 13.2 Å². The van der Waals surface area contributed by atoms with Crippen LogP contribution in [0.5, 0.6) is 5.75 Å². The Kier molecular flexibility index (Phi) is 16.7. The fourth-order valence-corrected chi connectivity index (χ4v) is 4.73. The van der Waals surface area contributed by atoms with Crippen LogP contribution < -0.4 is 15.3 Å². The topological polar surface area (TPSA) is 86.7 Å². The van der Waals surface area contributed by atoms with E-state index < -0.39 is 15.6 Å². The number of ether oxygens (including phenoxy) is 1. The molecule has 0 aromatic heterocycles. The Morgan fingerprint density at radius 1 is 0.838 bits per heavy atom. The fourth-order valence-electron chi connectivity index (χ4n) is 3.55. The molecule has 10 heteroatoms. The van der Waals surface area contributed by atoms with Gasteiger partial charge in [0.05, 0.1) is 25.3 Å². The molecule has 2 unspecified atom stereocenters. The summed E-state index contributed by atoms with van der Waals surface area (Å²) in [6.45, 7) is 2.66. The summed E-state index contributed by atoms with van der Waals surface area (Å²) in [5.74, 6) is 0.850. The van der Waals surface area contributed by atoms with Gasteiger partial charge in [0, 0.05) is 0 Å². The number of halogens is 3. The average molecular weight is 565 g/mol. The maximum Gasteiger partial charge on any atom is 0.485 e. The highest BCUT2D eigenvalue weighted by Crippen LogP contribution is 2.20. The molecule has 0 aliphatic rings. The number of rotatable bonds is 16. The van der Waals surface area contributed by atoms with E-state index in [4.69, 9.17) is 17.7 Å². The molecule has 0 heterocycles.